The van der Waals surface area contributed by atoms with Gasteiger partial charge in [-0.05, 0) is 19.8 Å². The van der Waals surface area contributed by atoms with E-state index in [1.54, 1.807) is 0 Å². The quantitative estimate of drug-likeness (QED) is 0.650. The lowest BCUT2D eigenvalue weighted by Crippen LogP contribution is -2.39. The molecule has 2 atom stereocenters. The molecule has 1 rings (SSSR count). The van der Waals surface area contributed by atoms with Crippen LogP contribution in [-0.2, 0) is 9.53 Å². The Labute approximate surface area is 78.8 Å². The van der Waals surface area contributed by atoms with E-state index < -0.39 is 0 Å². The first-order valence-corrected chi connectivity index (χ1v) is 4.83. The van der Waals surface area contributed by atoms with Gasteiger partial charge in [-0.25, -0.2) is 0 Å². The van der Waals surface area contributed by atoms with Crippen LogP contribution in [0, 0.1) is 0 Å². The van der Waals surface area contributed by atoms with Crippen LogP contribution in [0.2, 0.25) is 0 Å². The minimum atomic E-state index is 0.0462. The first-order chi connectivity index (χ1) is 6.22. The van der Waals surface area contributed by atoms with Gasteiger partial charge in [0.2, 0.25) is 5.91 Å². The second kappa shape index (κ2) is 5.19. The van der Waals surface area contributed by atoms with E-state index >= 15 is 0 Å². The third kappa shape index (κ3) is 3.74. The highest BCUT2D eigenvalue weighted by Gasteiger charge is 2.19. The molecule has 1 aliphatic heterocycles. The van der Waals surface area contributed by atoms with Crippen LogP contribution in [0.25, 0.3) is 0 Å². The van der Waals surface area contributed by atoms with Crippen molar-refractivity contribution >= 4 is 5.91 Å². The molecule has 0 aromatic carbocycles. The van der Waals surface area contributed by atoms with Crippen molar-refractivity contribution in [2.45, 2.75) is 38.3 Å². The van der Waals surface area contributed by atoms with Gasteiger partial charge in [-0.1, -0.05) is 0 Å². The highest BCUT2D eigenvalue weighted by atomic mass is 16.5. The number of nitrogens with two attached hydrogens (primary N) is 1. The van der Waals surface area contributed by atoms with E-state index in [1.807, 2.05) is 6.92 Å². The fourth-order valence-corrected chi connectivity index (χ4v) is 1.40. The zero-order valence-electron chi connectivity index (χ0n) is 8.08. The standard InChI is InChI=1S/C9H18N2O2/c1-7(6-10)11-9(12)5-8-3-2-4-13-8/h7-8H,2-6,10H2,1H3,(H,11,12)/t7-,8?/m1/s1. The predicted octanol–water partition coefficient (Wildman–Crippen LogP) is 0.0189. The van der Waals surface area contributed by atoms with E-state index in [1.165, 1.54) is 0 Å². The van der Waals surface area contributed by atoms with Crippen molar-refractivity contribution in [3.8, 4) is 0 Å². The molecule has 0 aromatic heterocycles. The number of rotatable bonds is 4. The molecule has 0 spiro atoms. The second-order valence-corrected chi connectivity index (χ2v) is 3.54. The lowest BCUT2D eigenvalue weighted by Gasteiger charge is -2.13. The van der Waals surface area contributed by atoms with Crippen molar-refractivity contribution < 1.29 is 9.53 Å². The fraction of sp³-hybridized carbons (Fsp3) is 0.889. The number of nitrogens with one attached hydrogen (secondary N) is 1. The maximum Gasteiger partial charge on any atom is 0.222 e. The van der Waals surface area contributed by atoms with Gasteiger partial charge < -0.3 is 15.8 Å². The van der Waals surface area contributed by atoms with Crippen molar-refractivity contribution in [1.82, 2.24) is 5.32 Å². The van der Waals surface area contributed by atoms with Crippen molar-refractivity contribution in [3.63, 3.8) is 0 Å². The molecular weight excluding hydrogens is 168 g/mol. The Morgan fingerprint density at radius 2 is 2.54 bits per heavy atom. The molecule has 13 heavy (non-hydrogen) atoms. The van der Waals surface area contributed by atoms with E-state index in [2.05, 4.69) is 5.32 Å². The van der Waals surface area contributed by atoms with Crippen LogP contribution < -0.4 is 11.1 Å². The maximum absolute atomic E-state index is 11.3. The maximum atomic E-state index is 11.3. The molecule has 4 heteroatoms. The van der Waals surface area contributed by atoms with Crippen molar-refractivity contribution in [2.75, 3.05) is 13.2 Å². The molecule has 1 amide bonds. The highest BCUT2D eigenvalue weighted by Crippen LogP contribution is 2.14. The van der Waals surface area contributed by atoms with Crippen molar-refractivity contribution in [2.24, 2.45) is 5.73 Å². The van der Waals surface area contributed by atoms with Gasteiger partial charge in [-0.2, -0.15) is 0 Å². The molecule has 1 unspecified atom stereocenters. The normalized spacial score (nSPS) is 24.3. The van der Waals surface area contributed by atoms with Crippen molar-refractivity contribution in [1.29, 1.82) is 0 Å². The molecule has 1 heterocycles. The van der Waals surface area contributed by atoms with Gasteiger partial charge in [0.05, 0.1) is 12.5 Å². The molecule has 0 bridgehead atoms. The first kappa shape index (κ1) is 10.5. The van der Waals surface area contributed by atoms with E-state index in [0.717, 1.165) is 19.4 Å². The molecule has 1 aliphatic rings. The number of carbonyl (C=O) groups is 1. The smallest absolute Gasteiger partial charge is 0.222 e. The van der Waals surface area contributed by atoms with Gasteiger partial charge in [0, 0.05) is 19.2 Å². The monoisotopic (exact) mass is 186 g/mol. The summed E-state index contributed by atoms with van der Waals surface area (Å²) < 4.78 is 5.35. The average Bonchev–Trinajstić information content (AvgIpc) is 2.56. The molecule has 0 saturated carbocycles. The molecule has 1 saturated heterocycles. The predicted molar refractivity (Wildman–Crippen MR) is 50.3 cm³/mol. The Morgan fingerprint density at radius 3 is 3.08 bits per heavy atom. The molecule has 0 aliphatic carbocycles. The van der Waals surface area contributed by atoms with E-state index in [0.29, 0.717) is 13.0 Å². The van der Waals surface area contributed by atoms with Crippen LogP contribution in [0.15, 0.2) is 0 Å². The highest BCUT2D eigenvalue weighted by molar-refractivity contribution is 5.76. The van der Waals surface area contributed by atoms with E-state index in [4.69, 9.17) is 10.5 Å². The van der Waals surface area contributed by atoms with Crippen LogP contribution in [0.3, 0.4) is 0 Å². The van der Waals surface area contributed by atoms with Gasteiger partial charge in [0.15, 0.2) is 0 Å². The molecule has 76 valence electrons. The number of hydrogen-bond donors (Lipinski definition) is 2. The van der Waals surface area contributed by atoms with Crippen LogP contribution in [-0.4, -0.2) is 31.2 Å². The third-order valence-corrected chi connectivity index (χ3v) is 2.20. The van der Waals surface area contributed by atoms with Gasteiger partial charge >= 0.3 is 0 Å². The van der Waals surface area contributed by atoms with Crippen LogP contribution in [0.5, 0.6) is 0 Å². The minimum Gasteiger partial charge on any atom is -0.378 e. The summed E-state index contributed by atoms with van der Waals surface area (Å²) in [7, 11) is 0. The van der Waals surface area contributed by atoms with E-state index in [9.17, 15) is 4.79 Å². The summed E-state index contributed by atoms with van der Waals surface area (Å²) in [6.07, 6.45) is 2.68. The van der Waals surface area contributed by atoms with Crippen LogP contribution in [0.4, 0.5) is 0 Å². The van der Waals surface area contributed by atoms with Crippen molar-refractivity contribution in [3.05, 3.63) is 0 Å². The average molecular weight is 186 g/mol. The largest absolute Gasteiger partial charge is 0.378 e. The summed E-state index contributed by atoms with van der Waals surface area (Å²) in [6.45, 7) is 3.18. The lowest BCUT2D eigenvalue weighted by atomic mass is 10.1. The lowest BCUT2D eigenvalue weighted by molar-refractivity contribution is -0.123. The molecule has 1 fully saturated rings. The Morgan fingerprint density at radius 1 is 1.77 bits per heavy atom. The van der Waals surface area contributed by atoms with Crippen LogP contribution >= 0.6 is 0 Å². The number of hydrogen-bond acceptors (Lipinski definition) is 3. The molecule has 0 aromatic rings. The molecule has 0 radical (unpaired) electrons. The zero-order valence-corrected chi connectivity index (χ0v) is 8.08. The Bertz CT molecular complexity index is 167. The summed E-state index contributed by atoms with van der Waals surface area (Å²) in [5.41, 5.74) is 5.38. The minimum absolute atomic E-state index is 0.0462. The zero-order chi connectivity index (χ0) is 9.68. The summed E-state index contributed by atoms with van der Waals surface area (Å²) in [5.74, 6) is 0.0462. The molecule has 4 nitrogen and oxygen atoms in total. The number of ether oxygens (including phenoxy) is 1. The fourth-order valence-electron chi connectivity index (χ4n) is 1.40. The molecule has 3 N–H and O–H groups in total. The van der Waals surface area contributed by atoms with E-state index in [-0.39, 0.29) is 18.1 Å². The Kier molecular flexibility index (Phi) is 4.18. The third-order valence-electron chi connectivity index (χ3n) is 2.20. The SMILES string of the molecule is C[C@H](CN)NC(=O)CC1CCCO1. The Balaban J connectivity index is 2.16. The van der Waals surface area contributed by atoms with Gasteiger partial charge in [0.25, 0.3) is 0 Å². The Hall–Kier alpha value is -0.610. The number of amides is 1. The summed E-state index contributed by atoms with van der Waals surface area (Å²) in [5, 5.41) is 2.81. The molecular formula is C9H18N2O2. The summed E-state index contributed by atoms with van der Waals surface area (Å²) >= 11 is 0. The second-order valence-electron chi connectivity index (χ2n) is 3.54. The summed E-state index contributed by atoms with van der Waals surface area (Å²) in [4.78, 5) is 11.3. The van der Waals surface area contributed by atoms with Gasteiger partial charge in [-0.15, -0.1) is 0 Å². The summed E-state index contributed by atoms with van der Waals surface area (Å²) in [6, 6.07) is 0.0638. The van der Waals surface area contributed by atoms with Gasteiger partial charge in [-0.3, -0.25) is 4.79 Å². The van der Waals surface area contributed by atoms with Crippen LogP contribution in [0.1, 0.15) is 26.2 Å². The number of carbonyl (C=O) groups excluding carboxylic acids is 1. The first-order valence-electron chi connectivity index (χ1n) is 4.83. The topological polar surface area (TPSA) is 64.3 Å². The van der Waals surface area contributed by atoms with Gasteiger partial charge in [0.1, 0.15) is 0 Å².